The van der Waals surface area contributed by atoms with Crippen molar-refractivity contribution in [3.63, 3.8) is 0 Å². The zero-order valence-corrected chi connectivity index (χ0v) is 16.0. The van der Waals surface area contributed by atoms with Crippen LogP contribution in [0, 0.1) is 5.82 Å². The Kier molecular flexibility index (Phi) is 4.78. The molecule has 3 N–H and O–H groups in total. The van der Waals surface area contributed by atoms with Crippen LogP contribution >= 0.6 is 0 Å². The van der Waals surface area contributed by atoms with Gasteiger partial charge in [0.1, 0.15) is 24.1 Å². The molecule has 1 aliphatic rings. The number of pyridine rings is 2. The molecule has 0 amide bonds. The lowest BCUT2D eigenvalue weighted by Crippen LogP contribution is -2.34. The van der Waals surface area contributed by atoms with E-state index in [1.54, 1.807) is 12.3 Å². The molecule has 0 radical (unpaired) electrons. The molecule has 1 fully saturated rings. The first-order chi connectivity index (χ1) is 14.7. The van der Waals surface area contributed by atoms with Crippen LogP contribution in [-0.2, 0) is 4.74 Å². The van der Waals surface area contributed by atoms with Gasteiger partial charge in [-0.3, -0.25) is 4.98 Å². The monoisotopic (exact) mass is 402 g/mol. The molecule has 0 bridgehead atoms. The van der Waals surface area contributed by atoms with Gasteiger partial charge in [-0.1, -0.05) is 12.1 Å². The van der Waals surface area contributed by atoms with Crippen LogP contribution < -0.4 is 11.1 Å². The van der Waals surface area contributed by atoms with E-state index in [9.17, 15) is 4.39 Å². The minimum absolute atomic E-state index is 0.180. The van der Waals surface area contributed by atoms with Crippen LogP contribution in [0.25, 0.3) is 33.4 Å². The molecule has 5 rings (SSSR count). The summed E-state index contributed by atoms with van der Waals surface area (Å²) >= 11 is 0. The van der Waals surface area contributed by atoms with Gasteiger partial charge in [-0.15, -0.1) is 0 Å². The van der Waals surface area contributed by atoms with E-state index in [0.29, 0.717) is 46.8 Å². The van der Waals surface area contributed by atoms with Crippen molar-refractivity contribution in [1.82, 2.24) is 25.3 Å². The van der Waals surface area contributed by atoms with E-state index in [2.05, 4.69) is 20.3 Å². The number of hydrogen-bond donors (Lipinski definition) is 2. The second kappa shape index (κ2) is 7.74. The second-order valence-corrected chi connectivity index (χ2v) is 7.02. The molecule has 1 saturated heterocycles. The Morgan fingerprint density at radius 1 is 1.07 bits per heavy atom. The van der Waals surface area contributed by atoms with Crippen LogP contribution in [0.3, 0.4) is 0 Å². The fourth-order valence-electron chi connectivity index (χ4n) is 3.74. The molecule has 0 saturated carbocycles. The fourth-order valence-corrected chi connectivity index (χ4v) is 3.74. The van der Waals surface area contributed by atoms with Gasteiger partial charge in [0.2, 0.25) is 0 Å². The third-order valence-electron chi connectivity index (χ3n) is 5.12. The van der Waals surface area contributed by atoms with Crippen molar-refractivity contribution < 1.29 is 9.13 Å². The molecular formula is C22H19FN6O. The van der Waals surface area contributed by atoms with Crippen molar-refractivity contribution in [2.24, 2.45) is 0 Å². The molecule has 1 aromatic carbocycles. The Morgan fingerprint density at radius 3 is 2.83 bits per heavy atom. The molecule has 1 aliphatic heterocycles. The molecule has 3 aromatic heterocycles. The third kappa shape index (κ3) is 3.36. The average molecular weight is 402 g/mol. The predicted octanol–water partition coefficient (Wildman–Crippen LogP) is 3.14. The summed E-state index contributed by atoms with van der Waals surface area (Å²) in [6.07, 6.45) is 2.94. The Hall–Kier alpha value is -3.49. The van der Waals surface area contributed by atoms with Crippen LogP contribution in [0.1, 0.15) is 11.8 Å². The topological polar surface area (TPSA) is 98.8 Å². The Labute approximate surface area is 172 Å². The minimum atomic E-state index is -0.335. The second-order valence-electron chi connectivity index (χ2n) is 7.02. The van der Waals surface area contributed by atoms with Crippen LogP contribution in [0.5, 0.6) is 0 Å². The zero-order valence-electron chi connectivity index (χ0n) is 16.0. The molecule has 4 heterocycles. The Bertz CT molecular complexity index is 1230. The summed E-state index contributed by atoms with van der Waals surface area (Å²) in [7, 11) is 0. The predicted molar refractivity (Wildman–Crippen MR) is 112 cm³/mol. The van der Waals surface area contributed by atoms with Crippen molar-refractivity contribution in [2.45, 2.75) is 6.10 Å². The number of nitrogen functional groups attached to an aromatic ring is 1. The highest BCUT2D eigenvalue weighted by molar-refractivity contribution is 6.01. The van der Waals surface area contributed by atoms with Crippen LogP contribution in [0.15, 0.2) is 55.0 Å². The standard InChI is InChI=1S/C22H19FN6O/c23-14-4-1-3-13(9-14)16-10-17(29-22-19(16)21(24)27-12-28-22)15-5-2-6-26-20(15)18-11-25-7-8-30-18/h1-6,9-10,12,18,25H,7-8,11H2,(H2,24,27,28,29). The number of hydrogen-bond acceptors (Lipinski definition) is 7. The lowest BCUT2D eigenvalue weighted by Gasteiger charge is -2.24. The smallest absolute Gasteiger partial charge is 0.165 e. The normalized spacial score (nSPS) is 16.6. The fraction of sp³-hybridized carbons (Fsp3) is 0.182. The number of aromatic nitrogens is 4. The van der Waals surface area contributed by atoms with Crippen molar-refractivity contribution in [3.8, 4) is 22.4 Å². The number of halogens is 1. The van der Waals surface area contributed by atoms with Gasteiger partial charge in [0.05, 0.1) is 23.4 Å². The zero-order chi connectivity index (χ0) is 20.5. The average Bonchev–Trinajstić information content (AvgIpc) is 2.79. The van der Waals surface area contributed by atoms with Crippen molar-refractivity contribution in [1.29, 1.82) is 0 Å². The van der Waals surface area contributed by atoms with E-state index >= 15 is 0 Å². The largest absolute Gasteiger partial charge is 0.383 e. The summed E-state index contributed by atoms with van der Waals surface area (Å²) in [6, 6.07) is 12.0. The lowest BCUT2D eigenvalue weighted by atomic mass is 9.98. The summed E-state index contributed by atoms with van der Waals surface area (Å²) in [5.41, 5.74) is 10.3. The first kappa shape index (κ1) is 18.5. The van der Waals surface area contributed by atoms with E-state index in [0.717, 1.165) is 17.8 Å². The number of rotatable bonds is 3. The molecule has 1 atom stereocenters. The molecule has 4 aromatic rings. The highest BCUT2D eigenvalue weighted by Gasteiger charge is 2.23. The lowest BCUT2D eigenvalue weighted by molar-refractivity contribution is 0.0254. The summed E-state index contributed by atoms with van der Waals surface area (Å²) in [5, 5.41) is 3.92. The van der Waals surface area contributed by atoms with Crippen LogP contribution in [-0.4, -0.2) is 39.6 Å². The van der Waals surface area contributed by atoms with E-state index in [1.807, 2.05) is 24.3 Å². The number of nitrogens with zero attached hydrogens (tertiary/aromatic N) is 4. The highest BCUT2D eigenvalue weighted by atomic mass is 19.1. The van der Waals surface area contributed by atoms with Crippen LogP contribution in [0.2, 0.25) is 0 Å². The third-order valence-corrected chi connectivity index (χ3v) is 5.12. The van der Waals surface area contributed by atoms with Crippen molar-refractivity contribution >= 4 is 16.9 Å². The van der Waals surface area contributed by atoms with Gasteiger partial charge in [0, 0.05) is 24.8 Å². The SMILES string of the molecule is Nc1ncnc2nc(-c3cccnc3C3CNCCO3)cc(-c3cccc(F)c3)c12. The summed E-state index contributed by atoms with van der Waals surface area (Å²) in [5.74, 6) is -0.0392. The minimum Gasteiger partial charge on any atom is -0.383 e. The van der Waals surface area contributed by atoms with Gasteiger partial charge in [-0.2, -0.15) is 0 Å². The number of fused-ring (bicyclic) bond motifs is 1. The van der Waals surface area contributed by atoms with E-state index in [4.69, 9.17) is 15.5 Å². The first-order valence-corrected chi connectivity index (χ1v) is 9.65. The Balaban J connectivity index is 1.74. The molecule has 8 heteroatoms. The Morgan fingerprint density at radius 2 is 2.00 bits per heavy atom. The summed E-state index contributed by atoms with van der Waals surface area (Å²) in [4.78, 5) is 17.7. The molecule has 1 unspecified atom stereocenters. The number of ether oxygens (including phenoxy) is 1. The van der Waals surface area contributed by atoms with Gasteiger partial charge in [-0.25, -0.2) is 19.3 Å². The van der Waals surface area contributed by atoms with Gasteiger partial charge in [0.15, 0.2) is 5.65 Å². The van der Waals surface area contributed by atoms with Crippen LogP contribution in [0.4, 0.5) is 10.2 Å². The highest BCUT2D eigenvalue weighted by Crippen LogP contribution is 2.36. The van der Waals surface area contributed by atoms with E-state index in [-0.39, 0.29) is 11.9 Å². The van der Waals surface area contributed by atoms with E-state index in [1.165, 1.54) is 18.5 Å². The van der Waals surface area contributed by atoms with E-state index < -0.39 is 0 Å². The molecule has 30 heavy (non-hydrogen) atoms. The quantitative estimate of drug-likeness (QED) is 0.543. The maximum atomic E-state index is 14.0. The number of nitrogens with one attached hydrogen (secondary N) is 1. The number of morpholine rings is 1. The van der Waals surface area contributed by atoms with Crippen molar-refractivity contribution in [2.75, 3.05) is 25.4 Å². The molecule has 7 nitrogen and oxygen atoms in total. The number of benzene rings is 1. The van der Waals surface area contributed by atoms with Gasteiger partial charge in [0.25, 0.3) is 0 Å². The first-order valence-electron chi connectivity index (χ1n) is 9.65. The van der Waals surface area contributed by atoms with Gasteiger partial charge < -0.3 is 15.8 Å². The number of anilines is 1. The molecule has 0 aliphatic carbocycles. The van der Waals surface area contributed by atoms with Crippen molar-refractivity contribution in [3.05, 3.63) is 66.5 Å². The van der Waals surface area contributed by atoms with Gasteiger partial charge >= 0.3 is 0 Å². The maximum absolute atomic E-state index is 14.0. The van der Waals surface area contributed by atoms with Gasteiger partial charge in [-0.05, 0) is 41.5 Å². The summed E-state index contributed by atoms with van der Waals surface area (Å²) < 4.78 is 19.9. The number of nitrogens with two attached hydrogens (primary N) is 1. The maximum Gasteiger partial charge on any atom is 0.165 e. The molecule has 150 valence electrons. The molecular weight excluding hydrogens is 383 g/mol. The summed E-state index contributed by atoms with van der Waals surface area (Å²) in [6.45, 7) is 2.10. The molecule has 0 spiro atoms.